The van der Waals surface area contributed by atoms with Gasteiger partial charge in [0.05, 0.1) is 13.2 Å². The predicted molar refractivity (Wildman–Crippen MR) is 87.6 cm³/mol. The Labute approximate surface area is 137 Å². The van der Waals surface area contributed by atoms with E-state index in [0.717, 1.165) is 21.9 Å². The molecule has 1 saturated heterocycles. The average Bonchev–Trinajstić information content (AvgIpc) is 2.95. The third-order valence-electron chi connectivity index (χ3n) is 3.29. The minimum absolute atomic E-state index is 0.108. The minimum atomic E-state index is -0.311. The molecule has 0 radical (unpaired) electrons. The van der Waals surface area contributed by atoms with Crippen LogP contribution in [0.5, 0.6) is 0 Å². The fourth-order valence-electron chi connectivity index (χ4n) is 2.22. The van der Waals surface area contributed by atoms with Gasteiger partial charge in [-0.2, -0.15) is 0 Å². The van der Waals surface area contributed by atoms with Crippen molar-refractivity contribution in [2.45, 2.75) is 12.5 Å². The molecule has 0 spiro atoms. The van der Waals surface area contributed by atoms with E-state index in [-0.39, 0.29) is 11.9 Å². The summed E-state index contributed by atoms with van der Waals surface area (Å²) in [6, 6.07) is 7.42. The van der Waals surface area contributed by atoms with Gasteiger partial charge in [-0.05, 0) is 17.7 Å². The van der Waals surface area contributed by atoms with Crippen molar-refractivity contribution in [1.82, 2.24) is 10.3 Å². The first-order valence-electron chi connectivity index (χ1n) is 7.02. The zero-order valence-corrected chi connectivity index (χ0v) is 13.4. The quantitative estimate of drug-likeness (QED) is 0.898. The molecule has 1 aromatic carbocycles. The van der Waals surface area contributed by atoms with Crippen molar-refractivity contribution >= 4 is 34.0 Å². The number of amides is 1. The van der Waals surface area contributed by atoms with Gasteiger partial charge >= 0.3 is 0 Å². The second kappa shape index (κ2) is 7.19. The lowest BCUT2D eigenvalue weighted by Gasteiger charge is -2.22. The predicted octanol–water partition coefficient (Wildman–Crippen LogP) is 2.31. The molecule has 3 rings (SSSR count). The molecule has 5 nitrogen and oxygen atoms in total. The summed E-state index contributed by atoms with van der Waals surface area (Å²) >= 11 is 7.45. The van der Waals surface area contributed by atoms with Crippen molar-refractivity contribution in [1.29, 1.82) is 0 Å². The maximum atomic E-state index is 12.1. The van der Waals surface area contributed by atoms with E-state index in [1.165, 1.54) is 11.3 Å². The largest absolute Gasteiger partial charge is 0.378 e. The van der Waals surface area contributed by atoms with Gasteiger partial charge in [-0.1, -0.05) is 23.7 Å². The van der Waals surface area contributed by atoms with Crippen LogP contribution in [0.25, 0.3) is 0 Å². The number of anilines is 1. The van der Waals surface area contributed by atoms with Crippen molar-refractivity contribution in [3.63, 3.8) is 0 Å². The van der Waals surface area contributed by atoms with Crippen LogP contribution in [0.4, 0.5) is 5.13 Å². The first-order valence-corrected chi connectivity index (χ1v) is 8.21. The van der Waals surface area contributed by atoms with Crippen molar-refractivity contribution in [3.8, 4) is 0 Å². The molecule has 0 saturated carbocycles. The fourth-order valence-corrected chi connectivity index (χ4v) is 3.28. The summed E-state index contributed by atoms with van der Waals surface area (Å²) in [5, 5.41) is 7.27. The number of aromatic nitrogens is 1. The number of ether oxygens (including phenoxy) is 1. The highest BCUT2D eigenvalue weighted by Crippen LogP contribution is 2.22. The number of hydrogen-bond acceptors (Lipinski definition) is 5. The molecule has 116 valence electrons. The SMILES string of the molecule is O=C(Nc1ncc(Cc2cccc(Cl)c2)s1)[C@@H]1COCCN1. The number of carbonyl (C=O) groups is 1. The molecule has 0 unspecified atom stereocenters. The summed E-state index contributed by atoms with van der Waals surface area (Å²) in [6.45, 7) is 1.73. The van der Waals surface area contributed by atoms with Gasteiger partial charge in [0.25, 0.3) is 0 Å². The maximum absolute atomic E-state index is 12.1. The molecule has 2 heterocycles. The van der Waals surface area contributed by atoms with Crippen molar-refractivity contribution in [3.05, 3.63) is 45.9 Å². The highest BCUT2D eigenvalue weighted by Gasteiger charge is 2.21. The van der Waals surface area contributed by atoms with E-state index in [2.05, 4.69) is 15.6 Å². The molecule has 1 fully saturated rings. The van der Waals surface area contributed by atoms with Gasteiger partial charge in [-0.15, -0.1) is 11.3 Å². The van der Waals surface area contributed by atoms with Crippen LogP contribution in [-0.2, 0) is 16.0 Å². The average molecular weight is 338 g/mol. The zero-order valence-electron chi connectivity index (χ0n) is 11.8. The number of rotatable bonds is 4. The Morgan fingerprint density at radius 2 is 2.45 bits per heavy atom. The highest BCUT2D eigenvalue weighted by molar-refractivity contribution is 7.15. The number of carbonyl (C=O) groups excluding carboxylic acids is 1. The number of hydrogen-bond donors (Lipinski definition) is 2. The van der Waals surface area contributed by atoms with E-state index in [1.54, 1.807) is 6.20 Å². The van der Waals surface area contributed by atoms with Crippen LogP contribution in [-0.4, -0.2) is 36.7 Å². The molecule has 1 aromatic heterocycles. The van der Waals surface area contributed by atoms with E-state index >= 15 is 0 Å². The summed E-state index contributed by atoms with van der Waals surface area (Å²) < 4.78 is 5.28. The Kier molecular flexibility index (Phi) is 5.04. The monoisotopic (exact) mass is 337 g/mol. The van der Waals surface area contributed by atoms with E-state index in [1.807, 2.05) is 24.3 Å². The summed E-state index contributed by atoms with van der Waals surface area (Å²) in [4.78, 5) is 17.4. The number of halogens is 1. The summed E-state index contributed by atoms with van der Waals surface area (Å²) in [7, 11) is 0. The topological polar surface area (TPSA) is 63.2 Å². The van der Waals surface area contributed by atoms with Crippen LogP contribution in [0.3, 0.4) is 0 Å². The molecular weight excluding hydrogens is 322 g/mol. The third kappa shape index (κ3) is 4.04. The molecule has 1 aliphatic rings. The third-order valence-corrected chi connectivity index (χ3v) is 4.44. The molecule has 2 aromatic rings. The Bertz CT molecular complexity index is 656. The Morgan fingerprint density at radius 3 is 3.23 bits per heavy atom. The lowest BCUT2D eigenvalue weighted by Crippen LogP contribution is -2.48. The molecule has 1 atom stereocenters. The van der Waals surface area contributed by atoms with E-state index in [0.29, 0.717) is 24.9 Å². The van der Waals surface area contributed by atoms with E-state index in [9.17, 15) is 4.79 Å². The Balaban J connectivity index is 1.60. The molecule has 22 heavy (non-hydrogen) atoms. The Hall–Kier alpha value is -1.47. The van der Waals surface area contributed by atoms with Crippen LogP contribution in [0, 0.1) is 0 Å². The molecule has 1 amide bonds. The lowest BCUT2D eigenvalue weighted by molar-refractivity contribution is -0.120. The summed E-state index contributed by atoms with van der Waals surface area (Å²) in [5.41, 5.74) is 1.12. The molecule has 0 bridgehead atoms. The maximum Gasteiger partial charge on any atom is 0.245 e. The van der Waals surface area contributed by atoms with Crippen LogP contribution < -0.4 is 10.6 Å². The number of benzene rings is 1. The van der Waals surface area contributed by atoms with Crippen molar-refractivity contribution in [2.24, 2.45) is 0 Å². The van der Waals surface area contributed by atoms with E-state index < -0.39 is 0 Å². The standard InChI is InChI=1S/C15H16ClN3O2S/c16-11-3-1-2-10(6-11)7-12-8-18-15(22-12)19-14(20)13-9-21-5-4-17-13/h1-3,6,8,13,17H,4-5,7,9H2,(H,18,19,20)/t13-/m0/s1. The highest BCUT2D eigenvalue weighted by atomic mass is 35.5. The molecule has 0 aliphatic carbocycles. The molecule has 7 heteroatoms. The van der Waals surface area contributed by atoms with Gasteiger partial charge in [-0.25, -0.2) is 4.98 Å². The van der Waals surface area contributed by atoms with Gasteiger partial charge < -0.3 is 15.4 Å². The molecular formula is C15H16ClN3O2S. The van der Waals surface area contributed by atoms with Crippen molar-refractivity contribution in [2.75, 3.05) is 25.1 Å². The van der Waals surface area contributed by atoms with Crippen LogP contribution >= 0.6 is 22.9 Å². The lowest BCUT2D eigenvalue weighted by atomic mass is 10.1. The van der Waals surface area contributed by atoms with Crippen LogP contribution in [0.15, 0.2) is 30.5 Å². The van der Waals surface area contributed by atoms with Crippen molar-refractivity contribution < 1.29 is 9.53 Å². The first-order chi connectivity index (χ1) is 10.7. The number of morpholine rings is 1. The second-order valence-electron chi connectivity index (χ2n) is 5.01. The van der Waals surface area contributed by atoms with Gasteiger partial charge in [-0.3, -0.25) is 4.79 Å². The smallest absolute Gasteiger partial charge is 0.245 e. The van der Waals surface area contributed by atoms with Gasteiger partial charge in [0.1, 0.15) is 6.04 Å². The molecule has 2 N–H and O–H groups in total. The van der Waals surface area contributed by atoms with Crippen LogP contribution in [0.2, 0.25) is 5.02 Å². The fraction of sp³-hybridized carbons (Fsp3) is 0.333. The first kappa shape index (κ1) is 15.4. The van der Waals surface area contributed by atoms with Gasteiger partial charge in [0.2, 0.25) is 5.91 Å². The normalized spacial score (nSPS) is 18.1. The second-order valence-corrected chi connectivity index (χ2v) is 6.56. The van der Waals surface area contributed by atoms with Crippen LogP contribution in [0.1, 0.15) is 10.4 Å². The number of nitrogens with zero attached hydrogens (tertiary/aromatic N) is 1. The zero-order chi connectivity index (χ0) is 15.4. The Morgan fingerprint density at radius 1 is 1.55 bits per heavy atom. The molecule has 1 aliphatic heterocycles. The minimum Gasteiger partial charge on any atom is -0.378 e. The summed E-state index contributed by atoms with van der Waals surface area (Å²) in [6.07, 6.45) is 2.53. The number of nitrogens with one attached hydrogen (secondary N) is 2. The van der Waals surface area contributed by atoms with Gasteiger partial charge in [0.15, 0.2) is 5.13 Å². The number of thiazole rings is 1. The van der Waals surface area contributed by atoms with E-state index in [4.69, 9.17) is 16.3 Å². The summed E-state index contributed by atoms with van der Waals surface area (Å²) in [5.74, 6) is -0.108. The van der Waals surface area contributed by atoms with Gasteiger partial charge in [0, 0.05) is 29.1 Å².